The van der Waals surface area contributed by atoms with Crippen molar-refractivity contribution in [3.05, 3.63) is 35.6 Å². The third-order valence-corrected chi connectivity index (χ3v) is 8.24. The monoisotopic (exact) mass is 481 g/mol. The molecule has 33 heavy (non-hydrogen) atoms. The summed E-state index contributed by atoms with van der Waals surface area (Å²) in [5.41, 5.74) is 1.30. The van der Waals surface area contributed by atoms with Crippen molar-refractivity contribution in [3.8, 4) is 17.0 Å². The Kier molecular flexibility index (Phi) is 6.20. The van der Waals surface area contributed by atoms with Gasteiger partial charge in [0.05, 0.1) is 12.7 Å². The van der Waals surface area contributed by atoms with E-state index in [9.17, 15) is 18.0 Å². The quantitative estimate of drug-likeness (QED) is 0.452. The molecule has 3 fully saturated rings. The first-order valence-corrected chi connectivity index (χ1v) is 12.3. The summed E-state index contributed by atoms with van der Waals surface area (Å²) in [6.45, 7) is 1.86. The minimum Gasteiger partial charge on any atom is -0.405 e. The SMILES string of the molecule is CC(=O)SC1[C@@H]2CC[C@H]1CC(OCc1c(-c3ccccc3OC(F)(F)F)noc1C1CC1)C2. The summed E-state index contributed by atoms with van der Waals surface area (Å²) in [6, 6.07) is 5.99. The van der Waals surface area contributed by atoms with Gasteiger partial charge in [-0.2, -0.15) is 0 Å². The van der Waals surface area contributed by atoms with Gasteiger partial charge in [-0.15, -0.1) is 13.2 Å². The molecule has 0 radical (unpaired) electrons. The van der Waals surface area contributed by atoms with E-state index in [-0.39, 0.29) is 35.1 Å². The van der Waals surface area contributed by atoms with Gasteiger partial charge in [0.25, 0.3) is 0 Å². The van der Waals surface area contributed by atoms with Crippen LogP contribution < -0.4 is 4.74 Å². The standard InChI is InChI=1S/C24H26F3NO4S/c1-13(29)33-23-15-8-9-16(23)11-17(10-15)30-12-19-21(28-32-22(19)14-6-7-14)18-4-2-3-5-20(18)31-24(25,26)27/h2-5,14-17,23H,6-12H2,1H3/t15-,16+,17?,23?. The molecule has 3 aliphatic rings. The second kappa shape index (κ2) is 8.98. The third kappa shape index (κ3) is 5.09. The van der Waals surface area contributed by atoms with Gasteiger partial charge in [0.15, 0.2) is 5.12 Å². The van der Waals surface area contributed by atoms with Crippen LogP contribution in [0.25, 0.3) is 11.3 Å². The first-order chi connectivity index (χ1) is 15.8. The van der Waals surface area contributed by atoms with Gasteiger partial charge in [0, 0.05) is 29.2 Å². The van der Waals surface area contributed by atoms with Crippen LogP contribution in [0.2, 0.25) is 0 Å². The number of carbonyl (C=O) groups excluding carboxylic acids is 1. The fourth-order valence-corrected chi connectivity index (χ4v) is 6.62. The van der Waals surface area contributed by atoms with E-state index in [4.69, 9.17) is 9.26 Å². The normalized spacial score (nSPS) is 27.0. The van der Waals surface area contributed by atoms with Gasteiger partial charge in [0.1, 0.15) is 17.2 Å². The van der Waals surface area contributed by atoms with Crippen molar-refractivity contribution >= 4 is 16.9 Å². The largest absolute Gasteiger partial charge is 0.573 e. The van der Waals surface area contributed by atoms with Gasteiger partial charge in [0.2, 0.25) is 0 Å². The van der Waals surface area contributed by atoms with Gasteiger partial charge in [-0.3, -0.25) is 4.79 Å². The van der Waals surface area contributed by atoms with Crippen LogP contribution in [0.3, 0.4) is 0 Å². The Morgan fingerprint density at radius 3 is 2.48 bits per heavy atom. The van der Waals surface area contributed by atoms with Crippen molar-refractivity contribution < 1.29 is 32.0 Å². The number of hydrogen-bond acceptors (Lipinski definition) is 6. The van der Waals surface area contributed by atoms with E-state index in [2.05, 4.69) is 9.89 Å². The highest BCUT2D eigenvalue weighted by Crippen LogP contribution is 2.50. The molecule has 5 rings (SSSR count). The van der Waals surface area contributed by atoms with Crippen LogP contribution in [-0.4, -0.2) is 28.0 Å². The molecule has 9 heteroatoms. The van der Waals surface area contributed by atoms with Crippen molar-refractivity contribution in [3.63, 3.8) is 0 Å². The van der Waals surface area contributed by atoms with Crippen molar-refractivity contribution in [1.29, 1.82) is 0 Å². The van der Waals surface area contributed by atoms with Gasteiger partial charge in [-0.25, -0.2) is 0 Å². The highest BCUT2D eigenvalue weighted by molar-refractivity contribution is 8.14. The number of alkyl halides is 3. The number of carbonyl (C=O) groups is 1. The van der Waals surface area contributed by atoms with E-state index < -0.39 is 6.36 Å². The zero-order valence-corrected chi connectivity index (χ0v) is 19.1. The molecule has 0 aliphatic heterocycles. The lowest BCUT2D eigenvalue weighted by molar-refractivity contribution is -0.274. The fraction of sp³-hybridized carbons (Fsp3) is 0.583. The zero-order valence-electron chi connectivity index (χ0n) is 18.3. The first kappa shape index (κ1) is 22.8. The first-order valence-electron chi connectivity index (χ1n) is 11.4. The number of rotatable bonds is 7. The van der Waals surface area contributed by atoms with Crippen LogP contribution in [0.4, 0.5) is 13.2 Å². The highest BCUT2D eigenvalue weighted by atomic mass is 32.2. The summed E-state index contributed by atoms with van der Waals surface area (Å²) < 4.78 is 55.0. The minimum atomic E-state index is -4.80. The second-order valence-corrected chi connectivity index (χ2v) is 10.6. The molecule has 0 saturated heterocycles. The van der Waals surface area contributed by atoms with Crippen molar-refractivity contribution in [2.45, 2.75) is 75.7 Å². The topological polar surface area (TPSA) is 61.6 Å². The number of halogens is 3. The molecule has 1 aromatic heterocycles. The zero-order chi connectivity index (χ0) is 23.2. The summed E-state index contributed by atoms with van der Waals surface area (Å²) in [7, 11) is 0. The van der Waals surface area contributed by atoms with Crippen molar-refractivity contribution in [2.24, 2.45) is 11.8 Å². The van der Waals surface area contributed by atoms with E-state index in [1.807, 2.05) is 0 Å². The molecule has 2 unspecified atom stereocenters. The average Bonchev–Trinajstić information content (AvgIpc) is 3.46. The molecular weight excluding hydrogens is 455 g/mol. The molecule has 2 aromatic rings. The molecule has 178 valence electrons. The van der Waals surface area contributed by atoms with Crippen LogP contribution in [0.1, 0.15) is 62.7 Å². The van der Waals surface area contributed by atoms with Crippen LogP contribution in [0.15, 0.2) is 28.8 Å². The summed E-state index contributed by atoms with van der Waals surface area (Å²) >= 11 is 1.47. The summed E-state index contributed by atoms with van der Waals surface area (Å²) in [6.07, 6.45) is 1.23. The van der Waals surface area contributed by atoms with Crippen LogP contribution in [0.5, 0.6) is 5.75 Å². The Hall–Kier alpha value is -2.00. The van der Waals surface area contributed by atoms with Gasteiger partial charge >= 0.3 is 6.36 Å². The Balaban J connectivity index is 1.35. The van der Waals surface area contributed by atoms with Crippen LogP contribution in [-0.2, 0) is 16.1 Å². The van der Waals surface area contributed by atoms with Crippen molar-refractivity contribution in [1.82, 2.24) is 5.16 Å². The Labute approximate surface area is 194 Å². The van der Waals surface area contributed by atoms with Gasteiger partial charge < -0.3 is 14.0 Å². The van der Waals surface area contributed by atoms with E-state index in [0.717, 1.165) is 38.5 Å². The van der Waals surface area contributed by atoms with Crippen LogP contribution in [0, 0.1) is 11.8 Å². The van der Waals surface area contributed by atoms with Crippen LogP contribution >= 0.6 is 11.8 Å². The molecule has 0 N–H and O–H groups in total. The van der Waals surface area contributed by atoms with E-state index >= 15 is 0 Å². The Bertz CT molecular complexity index is 1010. The maximum atomic E-state index is 12.9. The maximum absolute atomic E-state index is 12.9. The average molecular weight is 482 g/mol. The number of fused-ring (bicyclic) bond motifs is 2. The lowest BCUT2D eigenvalue weighted by atomic mass is 9.86. The number of nitrogens with zero attached hydrogens (tertiary/aromatic N) is 1. The number of ether oxygens (including phenoxy) is 2. The van der Waals surface area contributed by atoms with E-state index in [1.165, 1.54) is 23.9 Å². The molecule has 3 saturated carbocycles. The molecule has 5 nitrogen and oxygen atoms in total. The molecule has 2 bridgehead atoms. The Morgan fingerprint density at radius 1 is 1.15 bits per heavy atom. The number of benzene rings is 1. The minimum absolute atomic E-state index is 0.0581. The maximum Gasteiger partial charge on any atom is 0.573 e. The van der Waals surface area contributed by atoms with Gasteiger partial charge in [-0.05, 0) is 62.5 Å². The predicted octanol–water partition coefficient (Wildman–Crippen LogP) is 6.47. The number of para-hydroxylation sites is 1. The summed E-state index contributed by atoms with van der Waals surface area (Å²) in [4.78, 5) is 11.6. The summed E-state index contributed by atoms with van der Waals surface area (Å²) in [5, 5.41) is 4.69. The molecule has 0 spiro atoms. The molecule has 0 amide bonds. The fourth-order valence-electron chi connectivity index (χ4n) is 5.35. The van der Waals surface area contributed by atoms with E-state index in [1.54, 1.807) is 19.1 Å². The molecule has 1 aromatic carbocycles. The Morgan fingerprint density at radius 2 is 1.85 bits per heavy atom. The number of hydrogen-bond donors (Lipinski definition) is 0. The predicted molar refractivity (Wildman–Crippen MR) is 117 cm³/mol. The number of thioether (sulfide) groups is 1. The highest BCUT2D eigenvalue weighted by Gasteiger charge is 2.44. The summed E-state index contributed by atoms with van der Waals surface area (Å²) in [5.74, 6) is 1.57. The lowest BCUT2D eigenvalue weighted by Crippen LogP contribution is -2.33. The third-order valence-electron chi connectivity index (χ3n) is 6.87. The lowest BCUT2D eigenvalue weighted by Gasteiger charge is -2.34. The van der Waals surface area contributed by atoms with Gasteiger partial charge in [-0.1, -0.05) is 29.1 Å². The second-order valence-electron chi connectivity index (χ2n) is 9.27. The molecule has 1 heterocycles. The van der Waals surface area contributed by atoms with Crippen molar-refractivity contribution in [2.75, 3.05) is 0 Å². The number of aromatic nitrogens is 1. The molecular formula is C24H26F3NO4S. The van der Waals surface area contributed by atoms with E-state index in [0.29, 0.717) is 34.1 Å². The smallest absolute Gasteiger partial charge is 0.405 e. The molecule has 3 aliphatic carbocycles. The molecule has 4 atom stereocenters.